The van der Waals surface area contributed by atoms with Crippen LogP contribution in [0.3, 0.4) is 0 Å². The van der Waals surface area contributed by atoms with Crippen LogP contribution in [-0.2, 0) is 4.79 Å². The van der Waals surface area contributed by atoms with E-state index < -0.39 is 5.41 Å². The van der Waals surface area contributed by atoms with E-state index in [1.807, 2.05) is 12.1 Å². The number of nitrogens with zero attached hydrogens (tertiary/aromatic N) is 1. The zero-order chi connectivity index (χ0) is 14.0. The average Bonchev–Trinajstić information content (AvgIpc) is 2.42. The minimum atomic E-state index is -0.637. The van der Waals surface area contributed by atoms with Gasteiger partial charge in [-0.1, -0.05) is 11.6 Å². The van der Waals surface area contributed by atoms with Crippen LogP contribution in [0.2, 0.25) is 5.02 Å². The van der Waals surface area contributed by atoms with Crippen molar-refractivity contribution in [3.8, 4) is 0 Å². The highest BCUT2D eigenvalue weighted by atomic mass is 35.5. The first kappa shape index (κ1) is 14.1. The van der Waals surface area contributed by atoms with Crippen molar-refractivity contribution in [2.45, 2.75) is 13.8 Å². The number of pyridine rings is 1. The Balaban J connectivity index is 2.42. The van der Waals surface area contributed by atoms with Gasteiger partial charge in [0.2, 0.25) is 5.91 Å². The molecule has 2 aromatic rings. The monoisotopic (exact) mass is 296 g/mol. The van der Waals surface area contributed by atoms with Crippen molar-refractivity contribution in [2.24, 2.45) is 5.41 Å². The van der Waals surface area contributed by atoms with Gasteiger partial charge < -0.3 is 5.32 Å². The molecule has 0 fully saturated rings. The van der Waals surface area contributed by atoms with Crippen LogP contribution in [0.25, 0.3) is 10.9 Å². The minimum Gasteiger partial charge on any atom is -0.324 e. The summed E-state index contributed by atoms with van der Waals surface area (Å²) in [5.41, 5.74) is 0.680. The van der Waals surface area contributed by atoms with Crippen LogP contribution in [0.15, 0.2) is 30.5 Å². The van der Waals surface area contributed by atoms with Gasteiger partial charge in [0, 0.05) is 17.5 Å². The molecule has 1 heterocycles. The zero-order valence-electron chi connectivity index (χ0n) is 10.7. The molecule has 100 valence electrons. The minimum absolute atomic E-state index is 0.142. The van der Waals surface area contributed by atoms with Crippen molar-refractivity contribution in [3.05, 3.63) is 35.5 Å². The molecule has 0 bridgehead atoms. The molecule has 0 aliphatic rings. The quantitative estimate of drug-likeness (QED) is 0.867. The predicted molar refractivity (Wildman–Crippen MR) is 79.9 cm³/mol. The second-order valence-corrected chi connectivity index (χ2v) is 5.64. The van der Waals surface area contributed by atoms with Crippen molar-refractivity contribution >= 4 is 45.7 Å². The van der Waals surface area contributed by atoms with Crippen LogP contribution in [0, 0.1) is 5.41 Å². The summed E-state index contributed by atoms with van der Waals surface area (Å²) in [6, 6.07) is 7.17. The molecular formula is C14H14Cl2N2O. The van der Waals surface area contributed by atoms with Crippen molar-refractivity contribution in [2.75, 3.05) is 11.2 Å². The third kappa shape index (κ3) is 2.82. The highest BCUT2D eigenvalue weighted by Gasteiger charge is 2.27. The summed E-state index contributed by atoms with van der Waals surface area (Å²) in [7, 11) is 0. The Morgan fingerprint density at radius 2 is 2.11 bits per heavy atom. The predicted octanol–water partition coefficient (Wildman–Crippen LogP) is 4.09. The highest BCUT2D eigenvalue weighted by molar-refractivity contribution is 6.36. The summed E-state index contributed by atoms with van der Waals surface area (Å²) < 4.78 is 0. The van der Waals surface area contributed by atoms with Gasteiger partial charge in [-0.25, -0.2) is 0 Å². The van der Waals surface area contributed by atoms with E-state index in [-0.39, 0.29) is 11.8 Å². The zero-order valence-corrected chi connectivity index (χ0v) is 12.2. The van der Waals surface area contributed by atoms with E-state index in [1.165, 1.54) is 0 Å². The molecule has 1 amide bonds. The van der Waals surface area contributed by atoms with Crippen molar-refractivity contribution in [3.63, 3.8) is 0 Å². The summed E-state index contributed by atoms with van der Waals surface area (Å²) in [6.07, 6.45) is 1.67. The first-order valence-electron chi connectivity index (χ1n) is 5.86. The van der Waals surface area contributed by atoms with Gasteiger partial charge in [0.05, 0.1) is 21.6 Å². The van der Waals surface area contributed by atoms with Crippen molar-refractivity contribution in [1.29, 1.82) is 0 Å². The van der Waals surface area contributed by atoms with Gasteiger partial charge >= 0.3 is 0 Å². The number of nitrogens with one attached hydrogen (secondary N) is 1. The number of aromatic nitrogens is 1. The molecule has 0 atom stereocenters. The molecular weight excluding hydrogens is 283 g/mol. The molecule has 3 nitrogen and oxygen atoms in total. The maximum atomic E-state index is 12.1. The van der Waals surface area contributed by atoms with Gasteiger partial charge in [-0.15, -0.1) is 11.6 Å². The third-order valence-electron chi connectivity index (χ3n) is 2.91. The van der Waals surface area contributed by atoms with Crippen molar-refractivity contribution < 1.29 is 4.79 Å². The van der Waals surface area contributed by atoms with Crippen LogP contribution in [0.5, 0.6) is 0 Å². The smallest absolute Gasteiger partial charge is 0.231 e. The molecule has 0 aliphatic heterocycles. The van der Waals surface area contributed by atoms with E-state index in [4.69, 9.17) is 23.2 Å². The van der Waals surface area contributed by atoms with E-state index in [0.29, 0.717) is 16.2 Å². The standard InChI is InChI=1S/C14H14Cl2N2O/c1-14(2,8-15)13(19)18-11-6-5-10(16)9-4-3-7-17-12(9)11/h3-7H,8H2,1-2H3,(H,18,19). The summed E-state index contributed by atoms with van der Waals surface area (Å²) in [5, 5.41) is 4.28. The van der Waals surface area contributed by atoms with Gasteiger partial charge in [-0.05, 0) is 38.1 Å². The molecule has 1 aromatic carbocycles. The average molecular weight is 297 g/mol. The Labute approximate surface area is 121 Å². The third-order valence-corrected chi connectivity index (χ3v) is 3.91. The number of anilines is 1. The van der Waals surface area contributed by atoms with E-state index >= 15 is 0 Å². The van der Waals surface area contributed by atoms with E-state index in [0.717, 1.165) is 5.39 Å². The molecule has 0 aliphatic carbocycles. The van der Waals surface area contributed by atoms with Crippen LogP contribution in [-0.4, -0.2) is 16.8 Å². The normalized spacial score (nSPS) is 11.6. The number of fused-ring (bicyclic) bond motifs is 1. The topological polar surface area (TPSA) is 42.0 Å². The second-order valence-electron chi connectivity index (χ2n) is 4.97. The highest BCUT2D eigenvalue weighted by Crippen LogP contribution is 2.29. The first-order valence-corrected chi connectivity index (χ1v) is 6.77. The van der Waals surface area contributed by atoms with Gasteiger partial charge in [0.1, 0.15) is 0 Å². The number of carbonyl (C=O) groups excluding carboxylic acids is 1. The fourth-order valence-corrected chi connectivity index (χ4v) is 1.93. The van der Waals surface area contributed by atoms with Crippen molar-refractivity contribution in [1.82, 2.24) is 4.98 Å². The molecule has 0 spiro atoms. The Morgan fingerprint density at radius 1 is 1.37 bits per heavy atom. The maximum Gasteiger partial charge on any atom is 0.231 e. The largest absolute Gasteiger partial charge is 0.324 e. The van der Waals surface area contributed by atoms with Gasteiger partial charge in [-0.3, -0.25) is 9.78 Å². The van der Waals surface area contributed by atoms with Gasteiger partial charge in [-0.2, -0.15) is 0 Å². The molecule has 0 saturated heterocycles. The SMILES string of the molecule is CC(C)(CCl)C(=O)Nc1ccc(Cl)c2cccnc12. The molecule has 2 rings (SSSR count). The fourth-order valence-electron chi connectivity index (χ4n) is 1.59. The van der Waals surface area contributed by atoms with E-state index in [9.17, 15) is 4.79 Å². The van der Waals surface area contributed by atoms with E-state index in [2.05, 4.69) is 10.3 Å². The number of benzene rings is 1. The maximum absolute atomic E-state index is 12.1. The Bertz CT molecular complexity index is 626. The summed E-state index contributed by atoms with van der Waals surface area (Å²) in [6.45, 7) is 3.59. The molecule has 19 heavy (non-hydrogen) atoms. The number of alkyl halides is 1. The lowest BCUT2D eigenvalue weighted by atomic mass is 9.95. The summed E-state index contributed by atoms with van der Waals surface area (Å²) >= 11 is 11.9. The molecule has 0 saturated carbocycles. The summed E-state index contributed by atoms with van der Waals surface area (Å²) in [5.74, 6) is 0.106. The lowest BCUT2D eigenvalue weighted by molar-refractivity contribution is -0.122. The number of rotatable bonds is 3. The second kappa shape index (κ2) is 5.35. The molecule has 5 heteroatoms. The Morgan fingerprint density at radius 3 is 2.79 bits per heavy atom. The Kier molecular flexibility index (Phi) is 3.97. The molecule has 1 N–H and O–H groups in total. The van der Waals surface area contributed by atoms with Crippen LogP contribution < -0.4 is 5.32 Å². The number of hydrogen-bond donors (Lipinski definition) is 1. The fraction of sp³-hybridized carbons (Fsp3) is 0.286. The van der Waals surface area contributed by atoms with Gasteiger partial charge in [0.25, 0.3) is 0 Å². The van der Waals surface area contributed by atoms with Gasteiger partial charge in [0.15, 0.2) is 0 Å². The number of halogens is 2. The van der Waals surface area contributed by atoms with Crippen LogP contribution in [0.4, 0.5) is 5.69 Å². The lowest BCUT2D eigenvalue weighted by Crippen LogP contribution is -2.32. The number of carbonyl (C=O) groups is 1. The van der Waals surface area contributed by atoms with Crippen LogP contribution in [0.1, 0.15) is 13.8 Å². The molecule has 1 aromatic heterocycles. The Hall–Kier alpha value is -1.32. The number of amides is 1. The lowest BCUT2D eigenvalue weighted by Gasteiger charge is -2.20. The molecule has 0 radical (unpaired) electrons. The van der Waals surface area contributed by atoms with Crippen LogP contribution >= 0.6 is 23.2 Å². The summed E-state index contributed by atoms with van der Waals surface area (Å²) in [4.78, 5) is 16.4. The first-order chi connectivity index (χ1) is 8.95. The molecule has 0 unspecified atom stereocenters. The van der Waals surface area contributed by atoms with E-state index in [1.54, 1.807) is 32.2 Å². The number of hydrogen-bond acceptors (Lipinski definition) is 2.